The molecule has 0 amide bonds. The highest BCUT2D eigenvalue weighted by Gasteiger charge is 2.50. The quantitative estimate of drug-likeness (QED) is 0.377. The molecule has 5 N–H and O–H groups in total. The maximum atomic E-state index is 9.35. The molecule has 0 aliphatic carbocycles. The van der Waals surface area contributed by atoms with Gasteiger partial charge in [0.2, 0.25) is 0 Å². The van der Waals surface area contributed by atoms with Gasteiger partial charge in [-0.15, -0.1) is 0 Å². The Morgan fingerprint density at radius 3 is 2.17 bits per heavy atom. The minimum absolute atomic E-state index is 0.810. The van der Waals surface area contributed by atoms with E-state index in [4.69, 9.17) is 15.6 Å². The summed E-state index contributed by atoms with van der Waals surface area (Å²) in [7, 11) is 0. The fraction of sp³-hybridized carbons (Fsp3) is 1.00. The zero-order chi connectivity index (χ0) is 9.52. The molecule has 1 rings (SSSR count). The molecule has 1 aliphatic rings. The highest BCUT2D eigenvalue weighted by Crippen LogP contribution is 2.28. The van der Waals surface area contributed by atoms with Gasteiger partial charge in [-0.2, -0.15) is 0 Å². The van der Waals surface area contributed by atoms with E-state index in [1.54, 1.807) is 0 Å². The Hall–Kier alpha value is -0.200. The molecule has 3 unspecified atom stereocenters. The number of rotatable bonds is 1. The van der Waals surface area contributed by atoms with Gasteiger partial charge in [0.15, 0.2) is 0 Å². The highest BCUT2D eigenvalue weighted by atomic mass is 16.6. The van der Waals surface area contributed by atoms with E-state index in [2.05, 4.69) is 0 Å². The van der Waals surface area contributed by atoms with Crippen LogP contribution >= 0.6 is 0 Å². The van der Waals surface area contributed by atoms with Crippen molar-refractivity contribution in [3.63, 3.8) is 0 Å². The molecule has 12 heavy (non-hydrogen) atoms. The number of nitrogens with two attached hydrogens (primary N) is 1. The monoisotopic (exact) mass is 177 g/mol. The van der Waals surface area contributed by atoms with E-state index in [9.17, 15) is 10.2 Å². The first-order chi connectivity index (χ1) is 5.36. The fourth-order valence-electron chi connectivity index (χ4n) is 1.34. The van der Waals surface area contributed by atoms with Crippen LogP contribution in [0.1, 0.15) is 13.8 Å². The van der Waals surface area contributed by atoms with Gasteiger partial charge in [0.25, 0.3) is 0 Å². The van der Waals surface area contributed by atoms with Crippen molar-refractivity contribution in [3.8, 4) is 0 Å². The number of hydrogen-bond acceptors (Lipinski definition) is 5. The van der Waals surface area contributed by atoms with Crippen LogP contribution in [0.4, 0.5) is 0 Å². The minimum Gasteiger partial charge on any atom is -0.391 e. The molecule has 1 aliphatic heterocycles. The van der Waals surface area contributed by atoms with Gasteiger partial charge in [-0.3, -0.25) is 0 Å². The molecular formula is C7H15NO4. The van der Waals surface area contributed by atoms with Crippen LogP contribution in [0.25, 0.3) is 0 Å². The van der Waals surface area contributed by atoms with E-state index in [-0.39, 0.29) is 0 Å². The van der Waals surface area contributed by atoms with E-state index in [1.807, 2.05) is 0 Å². The second-order valence-electron chi connectivity index (χ2n) is 3.44. The predicted octanol–water partition coefficient (Wildman–Crippen LogP) is -1.84. The van der Waals surface area contributed by atoms with Gasteiger partial charge >= 0.3 is 0 Å². The Labute approximate surface area is 70.8 Å². The third-order valence-electron chi connectivity index (χ3n) is 2.11. The topological polar surface area (TPSA) is 95.9 Å². The molecule has 5 heteroatoms. The van der Waals surface area contributed by atoms with E-state index in [0.717, 1.165) is 0 Å². The molecule has 0 spiro atoms. The lowest BCUT2D eigenvalue weighted by molar-refractivity contribution is -0.0970. The van der Waals surface area contributed by atoms with Crippen molar-refractivity contribution >= 4 is 0 Å². The first-order valence-corrected chi connectivity index (χ1v) is 3.87. The standard InChI is InChI=1S/C7H15NO4/c1-3(9)5-4(10)6(11)7(2,8)12-5/h3-6,9-11H,8H2,1-2H3/t3-,4?,5+,6?,7?/m0/s1. The van der Waals surface area contributed by atoms with Gasteiger partial charge in [0.1, 0.15) is 24.0 Å². The summed E-state index contributed by atoms with van der Waals surface area (Å²) in [6, 6.07) is 0. The minimum atomic E-state index is -1.28. The van der Waals surface area contributed by atoms with Crippen LogP contribution in [0.5, 0.6) is 0 Å². The Kier molecular flexibility index (Phi) is 2.42. The summed E-state index contributed by atoms with van der Waals surface area (Å²) < 4.78 is 5.06. The smallest absolute Gasteiger partial charge is 0.143 e. The summed E-state index contributed by atoms with van der Waals surface area (Å²) in [6.45, 7) is 2.94. The lowest BCUT2D eigenvalue weighted by Crippen LogP contribution is -2.48. The SMILES string of the molecule is C[C@H](O)[C@H]1OC(C)(N)C(O)C1O. The van der Waals surface area contributed by atoms with Crippen LogP contribution in [0, 0.1) is 0 Å². The lowest BCUT2D eigenvalue weighted by atomic mass is 10.0. The molecule has 0 saturated carbocycles. The molecule has 1 fully saturated rings. The molecule has 0 bridgehead atoms. The first-order valence-electron chi connectivity index (χ1n) is 3.87. The average molecular weight is 177 g/mol. The number of ether oxygens (including phenoxy) is 1. The third-order valence-corrected chi connectivity index (χ3v) is 2.11. The molecule has 72 valence electrons. The zero-order valence-corrected chi connectivity index (χ0v) is 7.14. The van der Waals surface area contributed by atoms with Crippen LogP contribution in [0.3, 0.4) is 0 Å². The van der Waals surface area contributed by atoms with Crippen molar-refractivity contribution in [2.75, 3.05) is 0 Å². The van der Waals surface area contributed by atoms with Crippen LogP contribution in [0.2, 0.25) is 0 Å². The highest BCUT2D eigenvalue weighted by molar-refractivity contribution is 4.97. The van der Waals surface area contributed by atoms with Crippen molar-refractivity contribution in [1.29, 1.82) is 0 Å². The molecule has 1 heterocycles. The van der Waals surface area contributed by atoms with Gasteiger partial charge in [-0.25, -0.2) is 0 Å². The number of hydrogen-bond donors (Lipinski definition) is 4. The van der Waals surface area contributed by atoms with Gasteiger partial charge in [0.05, 0.1) is 6.10 Å². The summed E-state index contributed by atoms with van der Waals surface area (Å²) >= 11 is 0. The Bertz CT molecular complexity index is 171. The van der Waals surface area contributed by atoms with E-state index in [0.29, 0.717) is 0 Å². The van der Waals surface area contributed by atoms with Crippen molar-refractivity contribution < 1.29 is 20.1 Å². The molecular weight excluding hydrogens is 162 g/mol. The molecule has 0 radical (unpaired) electrons. The second kappa shape index (κ2) is 2.93. The maximum Gasteiger partial charge on any atom is 0.143 e. The maximum absolute atomic E-state index is 9.35. The summed E-state index contributed by atoms with van der Waals surface area (Å²) in [5.74, 6) is 0. The first kappa shape index (κ1) is 9.88. The molecule has 0 aromatic heterocycles. The van der Waals surface area contributed by atoms with Gasteiger partial charge in [-0.05, 0) is 13.8 Å². The van der Waals surface area contributed by atoms with Crippen molar-refractivity contribution in [2.45, 2.75) is 44.0 Å². The van der Waals surface area contributed by atoms with Crippen molar-refractivity contribution in [2.24, 2.45) is 5.73 Å². The molecule has 5 atom stereocenters. The van der Waals surface area contributed by atoms with E-state index in [1.165, 1.54) is 13.8 Å². The van der Waals surface area contributed by atoms with Crippen LogP contribution in [0.15, 0.2) is 0 Å². The largest absolute Gasteiger partial charge is 0.391 e. The van der Waals surface area contributed by atoms with Crippen molar-refractivity contribution in [3.05, 3.63) is 0 Å². The summed E-state index contributed by atoms with van der Waals surface area (Å²) in [5, 5.41) is 27.8. The van der Waals surface area contributed by atoms with Crippen LogP contribution < -0.4 is 5.73 Å². The lowest BCUT2D eigenvalue weighted by Gasteiger charge is -2.21. The van der Waals surface area contributed by atoms with Gasteiger partial charge < -0.3 is 25.8 Å². The second-order valence-corrected chi connectivity index (χ2v) is 3.44. The van der Waals surface area contributed by atoms with Crippen molar-refractivity contribution in [1.82, 2.24) is 0 Å². The molecule has 0 aromatic rings. The normalized spacial score (nSPS) is 51.0. The van der Waals surface area contributed by atoms with E-state index >= 15 is 0 Å². The Morgan fingerprint density at radius 1 is 1.50 bits per heavy atom. The number of aliphatic hydroxyl groups is 3. The molecule has 0 aromatic carbocycles. The van der Waals surface area contributed by atoms with Gasteiger partial charge in [-0.1, -0.05) is 0 Å². The summed E-state index contributed by atoms with van der Waals surface area (Å²) in [5.41, 5.74) is 4.22. The summed E-state index contributed by atoms with van der Waals surface area (Å²) in [4.78, 5) is 0. The fourth-order valence-corrected chi connectivity index (χ4v) is 1.34. The average Bonchev–Trinajstić information content (AvgIpc) is 2.14. The van der Waals surface area contributed by atoms with Gasteiger partial charge in [0, 0.05) is 0 Å². The Balaban J connectivity index is 2.74. The third kappa shape index (κ3) is 1.46. The Morgan fingerprint density at radius 2 is 2.00 bits per heavy atom. The van der Waals surface area contributed by atoms with E-state index < -0.39 is 30.1 Å². The van der Waals surface area contributed by atoms with Crippen LogP contribution in [-0.4, -0.2) is 45.5 Å². The molecule has 1 saturated heterocycles. The zero-order valence-electron chi connectivity index (χ0n) is 7.14. The number of aliphatic hydroxyl groups excluding tert-OH is 3. The summed E-state index contributed by atoms with van der Waals surface area (Å²) in [6.07, 6.45) is -3.94. The molecule has 5 nitrogen and oxygen atoms in total. The predicted molar refractivity (Wildman–Crippen MR) is 41.2 cm³/mol. The van der Waals surface area contributed by atoms with Crippen LogP contribution in [-0.2, 0) is 4.74 Å².